The van der Waals surface area contributed by atoms with Crippen LogP contribution in [0.4, 0.5) is 0 Å². The van der Waals surface area contributed by atoms with Gasteiger partial charge in [-0.1, -0.05) is 0 Å². The van der Waals surface area contributed by atoms with Crippen LogP contribution in [0.5, 0.6) is 0 Å². The molecule has 0 aromatic carbocycles. The maximum atomic E-state index is 12.0. The highest BCUT2D eigenvalue weighted by Crippen LogP contribution is 2.12. The molecule has 1 rings (SSSR count). The summed E-state index contributed by atoms with van der Waals surface area (Å²) in [5, 5.41) is 6.24. The van der Waals surface area contributed by atoms with Crippen molar-refractivity contribution in [2.24, 2.45) is 4.99 Å². The molecule has 1 aliphatic heterocycles. The maximum Gasteiger partial charge on any atom is 0.191 e. The first-order valence-corrected chi connectivity index (χ1v) is 10.4. The highest BCUT2D eigenvalue weighted by atomic mass is 32.2. The first kappa shape index (κ1) is 18.4. The van der Waals surface area contributed by atoms with Gasteiger partial charge in [0.25, 0.3) is 0 Å². The smallest absolute Gasteiger partial charge is 0.191 e. The summed E-state index contributed by atoms with van der Waals surface area (Å²) in [6, 6.07) is -0.0825. The van der Waals surface area contributed by atoms with Gasteiger partial charge in [0.2, 0.25) is 0 Å². The maximum absolute atomic E-state index is 12.0. The van der Waals surface area contributed by atoms with Gasteiger partial charge in [-0.2, -0.15) is 0 Å². The standard InChI is InChI=1S/C13H27N3O3S2/c1-5-14-12(15-7-8-20(17)13(2,3)4)16-11-6-9-21(18,19)10-11/h11H,5-10H2,1-4H3,(H2,14,15,16). The molecule has 21 heavy (non-hydrogen) atoms. The summed E-state index contributed by atoms with van der Waals surface area (Å²) < 4.78 is 34.6. The molecule has 8 heteroatoms. The van der Waals surface area contributed by atoms with Crippen molar-refractivity contribution in [3.63, 3.8) is 0 Å². The van der Waals surface area contributed by atoms with E-state index >= 15 is 0 Å². The molecule has 0 saturated carbocycles. The number of nitrogens with one attached hydrogen (secondary N) is 2. The zero-order chi connectivity index (χ0) is 16.1. The Bertz CT molecular complexity index is 495. The van der Waals surface area contributed by atoms with Crippen LogP contribution >= 0.6 is 0 Å². The molecule has 2 atom stereocenters. The first-order valence-electron chi connectivity index (χ1n) is 7.28. The van der Waals surface area contributed by atoms with Crippen LogP contribution in [0, 0.1) is 0 Å². The topological polar surface area (TPSA) is 87.6 Å². The van der Waals surface area contributed by atoms with E-state index < -0.39 is 20.6 Å². The Hall–Kier alpha value is -0.630. The average Bonchev–Trinajstić information content (AvgIpc) is 2.67. The molecular formula is C13H27N3O3S2. The van der Waals surface area contributed by atoms with Gasteiger partial charge < -0.3 is 10.6 Å². The molecule has 2 N–H and O–H groups in total. The third-order valence-corrected chi connectivity index (χ3v) is 6.83. The Labute approximate surface area is 130 Å². The Morgan fingerprint density at radius 2 is 2.05 bits per heavy atom. The van der Waals surface area contributed by atoms with Crippen LogP contribution in [0.15, 0.2) is 4.99 Å². The summed E-state index contributed by atoms with van der Waals surface area (Å²) in [4.78, 5) is 4.38. The van der Waals surface area contributed by atoms with Crippen LogP contribution in [0.1, 0.15) is 34.1 Å². The Morgan fingerprint density at radius 1 is 1.38 bits per heavy atom. The summed E-state index contributed by atoms with van der Waals surface area (Å²) in [5.74, 6) is 1.50. The van der Waals surface area contributed by atoms with Crippen LogP contribution in [-0.4, -0.2) is 59.7 Å². The fourth-order valence-electron chi connectivity index (χ4n) is 1.97. The van der Waals surface area contributed by atoms with Gasteiger partial charge in [-0.25, -0.2) is 8.42 Å². The van der Waals surface area contributed by atoms with Crippen molar-refractivity contribution in [1.82, 2.24) is 10.6 Å². The third kappa shape index (κ3) is 6.78. The van der Waals surface area contributed by atoms with Gasteiger partial charge in [-0.15, -0.1) is 0 Å². The van der Waals surface area contributed by atoms with Crippen molar-refractivity contribution in [3.8, 4) is 0 Å². The number of rotatable bonds is 5. The lowest BCUT2D eigenvalue weighted by atomic mass is 10.3. The van der Waals surface area contributed by atoms with E-state index in [0.29, 0.717) is 31.2 Å². The fraction of sp³-hybridized carbons (Fsp3) is 0.923. The van der Waals surface area contributed by atoms with Crippen LogP contribution in [0.3, 0.4) is 0 Å². The monoisotopic (exact) mass is 337 g/mol. The Balaban J connectivity index is 2.53. The molecule has 1 aliphatic rings. The van der Waals surface area contributed by atoms with Crippen molar-refractivity contribution in [2.45, 2.75) is 44.9 Å². The molecular weight excluding hydrogens is 310 g/mol. The third-order valence-electron chi connectivity index (χ3n) is 3.15. The van der Waals surface area contributed by atoms with Gasteiger partial charge in [0.05, 0.1) is 18.1 Å². The van der Waals surface area contributed by atoms with Crippen molar-refractivity contribution in [3.05, 3.63) is 0 Å². The van der Waals surface area contributed by atoms with Gasteiger partial charge >= 0.3 is 0 Å². The second-order valence-electron chi connectivity index (χ2n) is 6.17. The number of sulfone groups is 1. The molecule has 0 bridgehead atoms. The summed E-state index contributed by atoms with van der Waals surface area (Å²) in [7, 11) is -3.84. The van der Waals surface area contributed by atoms with E-state index in [-0.39, 0.29) is 22.3 Å². The second-order valence-corrected chi connectivity index (χ2v) is 10.7. The quantitative estimate of drug-likeness (QED) is 0.556. The number of aliphatic imine (C=N–C) groups is 1. The van der Waals surface area contributed by atoms with E-state index in [2.05, 4.69) is 15.6 Å². The Morgan fingerprint density at radius 3 is 2.52 bits per heavy atom. The second kappa shape index (κ2) is 7.58. The minimum Gasteiger partial charge on any atom is -0.357 e. The van der Waals surface area contributed by atoms with Crippen LogP contribution in [0.2, 0.25) is 0 Å². The predicted molar refractivity (Wildman–Crippen MR) is 88.9 cm³/mol. The number of nitrogens with zero attached hydrogens (tertiary/aromatic N) is 1. The molecule has 0 amide bonds. The lowest BCUT2D eigenvalue weighted by molar-refractivity contribution is 0.599. The number of hydrogen-bond acceptors (Lipinski definition) is 4. The molecule has 0 aromatic rings. The van der Waals surface area contributed by atoms with Crippen molar-refractivity contribution in [1.29, 1.82) is 0 Å². The summed E-state index contributed by atoms with van der Waals surface area (Å²) in [6.07, 6.45) is 0.612. The Kier molecular flexibility index (Phi) is 6.65. The highest BCUT2D eigenvalue weighted by molar-refractivity contribution is 7.91. The van der Waals surface area contributed by atoms with E-state index in [0.717, 1.165) is 0 Å². The molecule has 1 saturated heterocycles. The average molecular weight is 338 g/mol. The predicted octanol–water partition coefficient (Wildman–Crippen LogP) is 0.276. The van der Waals surface area contributed by atoms with Gasteiger partial charge in [-0.3, -0.25) is 9.20 Å². The molecule has 0 radical (unpaired) electrons. The van der Waals surface area contributed by atoms with E-state index in [1.54, 1.807) is 0 Å². The van der Waals surface area contributed by atoms with Crippen molar-refractivity contribution < 1.29 is 12.6 Å². The van der Waals surface area contributed by atoms with Crippen LogP contribution < -0.4 is 10.6 Å². The molecule has 2 unspecified atom stereocenters. The molecule has 6 nitrogen and oxygen atoms in total. The van der Waals surface area contributed by atoms with E-state index in [9.17, 15) is 12.6 Å². The van der Waals surface area contributed by atoms with Gasteiger partial charge in [0.15, 0.2) is 15.8 Å². The molecule has 0 aliphatic carbocycles. The van der Waals surface area contributed by atoms with E-state index in [4.69, 9.17) is 0 Å². The zero-order valence-electron chi connectivity index (χ0n) is 13.3. The number of hydrogen-bond donors (Lipinski definition) is 2. The fourth-order valence-corrected chi connectivity index (χ4v) is 4.51. The SMILES string of the molecule is CCNC(=NCCS(=O)C(C)(C)C)NC1CCS(=O)(=O)C1. The zero-order valence-corrected chi connectivity index (χ0v) is 14.9. The normalized spacial score (nSPS) is 23.8. The molecule has 0 aromatic heterocycles. The minimum atomic E-state index is -2.90. The first-order chi connectivity index (χ1) is 9.64. The lowest BCUT2D eigenvalue weighted by Gasteiger charge is -2.18. The highest BCUT2D eigenvalue weighted by Gasteiger charge is 2.28. The largest absolute Gasteiger partial charge is 0.357 e. The van der Waals surface area contributed by atoms with Crippen LogP contribution in [-0.2, 0) is 20.6 Å². The van der Waals surface area contributed by atoms with Crippen molar-refractivity contribution in [2.75, 3.05) is 30.3 Å². The summed E-state index contributed by atoms with van der Waals surface area (Å²) in [6.45, 7) is 8.95. The van der Waals surface area contributed by atoms with Gasteiger partial charge in [-0.05, 0) is 34.1 Å². The van der Waals surface area contributed by atoms with Crippen molar-refractivity contribution >= 4 is 26.6 Å². The van der Waals surface area contributed by atoms with Crippen LogP contribution in [0.25, 0.3) is 0 Å². The minimum absolute atomic E-state index is 0.0825. The van der Waals surface area contributed by atoms with Gasteiger partial charge in [0, 0.05) is 33.9 Å². The lowest BCUT2D eigenvalue weighted by Crippen LogP contribution is -2.44. The molecule has 1 fully saturated rings. The number of guanidine groups is 1. The summed E-state index contributed by atoms with van der Waals surface area (Å²) >= 11 is 0. The molecule has 124 valence electrons. The van der Waals surface area contributed by atoms with E-state index in [1.807, 2.05) is 27.7 Å². The molecule has 0 spiro atoms. The molecule has 1 heterocycles. The van der Waals surface area contributed by atoms with E-state index in [1.165, 1.54) is 0 Å². The summed E-state index contributed by atoms with van der Waals surface area (Å²) in [5.41, 5.74) is 0. The van der Waals surface area contributed by atoms with Gasteiger partial charge in [0.1, 0.15) is 0 Å².